The van der Waals surface area contributed by atoms with Crippen molar-refractivity contribution >= 4 is 32.5 Å². The molecule has 0 bridgehead atoms. The summed E-state index contributed by atoms with van der Waals surface area (Å²) in [5.41, 5.74) is 1.69. The van der Waals surface area contributed by atoms with Crippen LogP contribution >= 0.6 is 0 Å². The zero-order chi connectivity index (χ0) is 27.7. The summed E-state index contributed by atoms with van der Waals surface area (Å²) >= 11 is 0. The van der Waals surface area contributed by atoms with Crippen molar-refractivity contribution in [1.29, 1.82) is 0 Å². The van der Waals surface area contributed by atoms with Crippen molar-refractivity contribution < 1.29 is 22.0 Å². The number of para-hydroxylation sites is 1. The smallest absolute Gasteiger partial charge is 0.264 e. The van der Waals surface area contributed by atoms with Crippen LogP contribution < -0.4 is 4.72 Å². The number of rotatable bonds is 6. The Bertz CT molecular complexity index is 1600. The van der Waals surface area contributed by atoms with Gasteiger partial charge in [-0.1, -0.05) is 18.2 Å². The van der Waals surface area contributed by atoms with E-state index in [1.165, 1.54) is 18.2 Å². The lowest BCUT2D eigenvalue weighted by molar-refractivity contribution is 0.0405. The standard InChI is InChI=1S/C29H28F2N4O3S/c1-19-18-34(20(2)23-15-24(30)17-25(31)16-23)13-14-35(19)29(36)22-8-10-26(11-9-22)33-39(37,38)27-7-3-5-21-6-4-12-32-28(21)27/h3-12,15-17,19-20,33H,13-14,18H2,1-2H3/t19-,20?/m0/s1. The van der Waals surface area contributed by atoms with Crippen LogP contribution in [0.15, 0.2) is 83.9 Å². The van der Waals surface area contributed by atoms with Gasteiger partial charge in [0.15, 0.2) is 0 Å². The minimum absolute atomic E-state index is 0.0719. The van der Waals surface area contributed by atoms with Crippen molar-refractivity contribution in [2.24, 2.45) is 0 Å². The van der Waals surface area contributed by atoms with Gasteiger partial charge in [0.25, 0.3) is 15.9 Å². The number of hydrogen-bond acceptors (Lipinski definition) is 5. The molecule has 7 nitrogen and oxygen atoms in total. The summed E-state index contributed by atoms with van der Waals surface area (Å²) < 4.78 is 56.1. The van der Waals surface area contributed by atoms with E-state index in [1.54, 1.807) is 59.6 Å². The Hall–Kier alpha value is -3.89. The third-order valence-electron chi connectivity index (χ3n) is 7.10. The number of piperazine rings is 1. The highest BCUT2D eigenvalue weighted by Crippen LogP contribution is 2.27. The molecule has 10 heteroatoms. The highest BCUT2D eigenvalue weighted by Gasteiger charge is 2.31. The van der Waals surface area contributed by atoms with E-state index >= 15 is 0 Å². The number of nitrogens with zero attached hydrogens (tertiary/aromatic N) is 3. The minimum atomic E-state index is -3.91. The first-order chi connectivity index (χ1) is 18.6. The molecule has 0 radical (unpaired) electrons. The van der Waals surface area contributed by atoms with Crippen molar-refractivity contribution in [1.82, 2.24) is 14.8 Å². The fraction of sp³-hybridized carbons (Fsp3) is 0.241. The van der Waals surface area contributed by atoms with Crippen molar-refractivity contribution in [2.45, 2.75) is 30.8 Å². The number of fused-ring (bicyclic) bond motifs is 1. The van der Waals surface area contributed by atoms with Gasteiger partial charge in [0.2, 0.25) is 0 Å². The maximum Gasteiger partial charge on any atom is 0.264 e. The van der Waals surface area contributed by atoms with Gasteiger partial charge >= 0.3 is 0 Å². The van der Waals surface area contributed by atoms with Crippen LogP contribution in [0.25, 0.3) is 10.9 Å². The molecule has 1 N–H and O–H groups in total. The number of carbonyl (C=O) groups excluding carboxylic acids is 1. The van der Waals surface area contributed by atoms with E-state index in [4.69, 9.17) is 0 Å². The van der Waals surface area contributed by atoms with Crippen LogP contribution in [0.1, 0.15) is 35.8 Å². The molecule has 4 aromatic rings. The quantitative estimate of drug-likeness (QED) is 0.356. The Labute approximate surface area is 226 Å². The van der Waals surface area contributed by atoms with Crippen LogP contribution in [-0.4, -0.2) is 54.8 Å². The zero-order valence-electron chi connectivity index (χ0n) is 21.5. The number of carbonyl (C=O) groups is 1. The third-order valence-corrected chi connectivity index (χ3v) is 8.52. The maximum atomic E-state index is 13.7. The molecule has 2 heterocycles. The minimum Gasteiger partial charge on any atom is -0.333 e. The number of halogens is 2. The van der Waals surface area contributed by atoms with Crippen LogP contribution in [0.4, 0.5) is 14.5 Å². The number of anilines is 1. The molecular weight excluding hydrogens is 522 g/mol. The van der Waals surface area contributed by atoms with E-state index in [-0.39, 0.29) is 22.9 Å². The molecule has 3 aromatic carbocycles. The number of hydrogen-bond donors (Lipinski definition) is 1. The number of aromatic nitrogens is 1. The lowest BCUT2D eigenvalue weighted by Gasteiger charge is -2.42. The topological polar surface area (TPSA) is 82.6 Å². The van der Waals surface area contributed by atoms with Gasteiger partial charge in [0.05, 0.1) is 5.52 Å². The first-order valence-electron chi connectivity index (χ1n) is 12.6. The van der Waals surface area contributed by atoms with Gasteiger partial charge in [0, 0.05) is 60.6 Å². The lowest BCUT2D eigenvalue weighted by atomic mass is 10.0. The maximum absolute atomic E-state index is 13.7. The molecule has 0 saturated carbocycles. The fourth-order valence-electron chi connectivity index (χ4n) is 5.02. The molecule has 1 unspecified atom stereocenters. The van der Waals surface area contributed by atoms with E-state index in [0.29, 0.717) is 47.4 Å². The van der Waals surface area contributed by atoms with Gasteiger partial charge in [-0.25, -0.2) is 17.2 Å². The predicted molar refractivity (Wildman–Crippen MR) is 146 cm³/mol. The monoisotopic (exact) mass is 550 g/mol. The molecule has 202 valence electrons. The molecule has 1 aliphatic rings. The Balaban J connectivity index is 1.26. The third kappa shape index (κ3) is 5.62. The SMILES string of the molecule is CC(c1cc(F)cc(F)c1)N1CCN(C(=O)c2ccc(NS(=O)(=O)c3cccc4cccnc34)cc2)[C@@H](C)C1. The highest BCUT2D eigenvalue weighted by atomic mass is 32.2. The van der Waals surface area contributed by atoms with E-state index < -0.39 is 21.7 Å². The Morgan fingerprint density at radius 3 is 2.38 bits per heavy atom. The first kappa shape index (κ1) is 26.7. The average molecular weight is 551 g/mol. The molecule has 0 spiro atoms. The average Bonchev–Trinajstić information content (AvgIpc) is 2.91. The van der Waals surface area contributed by atoms with Gasteiger partial charge in [-0.15, -0.1) is 0 Å². The Morgan fingerprint density at radius 2 is 1.69 bits per heavy atom. The van der Waals surface area contributed by atoms with Gasteiger partial charge in [-0.3, -0.25) is 19.4 Å². The second-order valence-corrected chi connectivity index (χ2v) is 11.4. The van der Waals surface area contributed by atoms with Crippen LogP contribution in [0.3, 0.4) is 0 Å². The normalized spacial score (nSPS) is 17.2. The van der Waals surface area contributed by atoms with E-state index in [0.717, 1.165) is 6.07 Å². The number of benzene rings is 3. The number of pyridine rings is 1. The second kappa shape index (κ2) is 10.7. The van der Waals surface area contributed by atoms with E-state index in [9.17, 15) is 22.0 Å². The molecule has 1 saturated heterocycles. The molecule has 2 atom stereocenters. The molecule has 1 fully saturated rings. The Morgan fingerprint density at radius 1 is 1.00 bits per heavy atom. The summed E-state index contributed by atoms with van der Waals surface area (Å²) in [6.07, 6.45) is 1.55. The zero-order valence-corrected chi connectivity index (χ0v) is 22.3. The van der Waals surface area contributed by atoms with Gasteiger partial charge < -0.3 is 4.90 Å². The van der Waals surface area contributed by atoms with Crippen molar-refractivity contribution in [3.63, 3.8) is 0 Å². The number of sulfonamides is 1. The van der Waals surface area contributed by atoms with Crippen molar-refractivity contribution in [3.8, 4) is 0 Å². The van der Waals surface area contributed by atoms with Crippen molar-refractivity contribution in [2.75, 3.05) is 24.4 Å². The first-order valence-corrected chi connectivity index (χ1v) is 14.1. The number of amides is 1. The Kier molecular flexibility index (Phi) is 7.33. The summed E-state index contributed by atoms with van der Waals surface area (Å²) in [5, 5.41) is 0.716. The molecular formula is C29H28F2N4O3S. The summed E-state index contributed by atoms with van der Waals surface area (Å²) in [4.78, 5) is 21.4. The van der Waals surface area contributed by atoms with Gasteiger partial charge in [0.1, 0.15) is 16.5 Å². The molecule has 1 aliphatic heterocycles. The van der Waals surface area contributed by atoms with Crippen LogP contribution in [-0.2, 0) is 10.0 Å². The predicted octanol–water partition coefficient (Wildman–Crippen LogP) is 5.22. The largest absolute Gasteiger partial charge is 0.333 e. The summed E-state index contributed by atoms with van der Waals surface area (Å²) in [6, 6.07) is 18.0. The van der Waals surface area contributed by atoms with Crippen LogP contribution in [0.5, 0.6) is 0 Å². The summed E-state index contributed by atoms with van der Waals surface area (Å²) in [6.45, 7) is 5.37. The van der Waals surface area contributed by atoms with Gasteiger partial charge in [-0.2, -0.15) is 0 Å². The lowest BCUT2D eigenvalue weighted by Crippen LogP contribution is -2.54. The fourth-order valence-corrected chi connectivity index (χ4v) is 6.26. The molecule has 1 amide bonds. The summed E-state index contributed by atoms with van der Waals surface area (Å²) in [5.74, 6) is -1.39. The van der Waals surface area contributed by atoms with Gasteiger partial charge in [-0.05, 0) is 67.9 Å². The molecule has 5 rings (SSSR count). The van der Waals surface area contributed by atoms with E-state index in [2.05, 4.69) is 14.6 Å². The molecule has 1 aromatic heterocycles. The molecule has 0 aliphatic carbocycles. The summed E-state index contributed by atoms with van der Waals surface area (Å²) in [7, 11) is -3.91. The van der Waals surface area contributed by atoms with Crippen molar-refractivity contribution in [3.05, 3.63) is 102 Å². The highest BCUT2D eigenvalue weighted by molar-refractivity contribution is 7.93. The second-order valence-electron chi connectivity index (χ2n) is 9.74. The van der Waals surface area contributed by atoms with Crippen LogP contribution in [0, 0.1) is 11.6 Å². The molecule has 39 heavy (non-hydrogen) atoms. The number of nitrogens with one attached hydrogen (secondary N) is 1. The van der Waals surface area contributed by atoms with Crippen LogP contribution in [0.2, 0.25) is 0 Å². The van der Waals surface area contributed by atoms with E-state index in [1.807, 2.05) is 13.8 Å².